The van der Waals surface area contributed by atoms with Crippen LogP contribution in [0.4, 0.5) is 22.0 Å². The van der Waals surface area contributed by atoms with E-state index in [4.69, 9.17) is 4.74 Å². The van der Waals surface area contributed by atoms with Crippen molar-refractivity contribution >= 4 is 15.9 Å². The molecule has 2 rings (SSSR count). The second-order valence-corrected chi connectivity index (χ2v) is 6.69. The monoisotopic (exact) mass is 410 g/mol. The molecule has 0 aliphatic carbocycles. The van der Waals surface area contributed by atoms with Gasteiger partial charge >= 0.3 is 6.18 Å². The molecule has 0 atom stereocenters. The van der Waals surface area contributed by atoms with Crippen molar-refractivity contribution in [1.29, 1.82) is 0 Å². The number of sulfonamides is 1. The molecule has 2 aromatic carbocycles. The van der Waals surface area contributed by atoms with E-state index in [1.807, 2.05) is 0 Å². The molecular weight excluding hydrogens is 399 g/mol. The van der Waals surface area contributed by atoms with Crippen LogP contribution in [-0.4, -0.2) is 20.9 Å². The molecule has 0 aromatic heterocycles. The Bertz CT molecular complexity index is 947. The summed E-state index contributed by atoms with van der Waals surface area (Å²) < 4.78 is 92.5. The van der Waals surface area contributed by atoms with Gasteiger partial charge in [0.2, 0.25) is 0 Å². The summed E-state index contributed by atoms with van der Waals surface area (Å²) in [7, 11) is -4.54. The van der Waals surface area contributed by atoms with Crippen LogP contribution in [0.15, 0.2) is 47.4 Å². The van der Waals surface area contributed by atoms with Crippen LogP contribution in [0.25, 0.3) is 0 Å². The number of halogens is 5. The Morgan fingerprint density at radius 3 is 2.41 bits per heavy atom. The normalized spacial score (nSPS) is 11.9. The van der Waals surface area contributed by atoms with Crippen molar-refractivity contribution in [3.8, 4) is 5.75 Å². The van der Waals surface area contributed by atoms with E-state index in [-0.39, 0.29) is 5.75 Å². The maximum atomic E-state index is 13.5. The maximum absolute atomic E-state index is 13.5. The highest BCUT2D eigenvalue weighted by Crippen LogP contribution is 2.31. The fourth-order valence-electron chi connectivity index (χ4n) is 1.82. The molecule has 2 aromatic rings. The van der Waals surface area contributed by atoms with Crippen molar-refractivity contribution in [1.82, 2.24) is 10.3 Å². The van der Waals surface area contributed by atoms with Crippen molar-refractivity contribution < 1.29 is 39.9 Å². The molecule has 0 aliphatic rings. The first-order valence-electron chi connectivity index (χ1n) is 7.05. The van der Waals surface area contributed by atoms with E-state index in [2.05, 4.69) is 0 Å². The molecule has 146 valence electrons. The molecule has 0 saturated heterocycles. The van der Waals surface area contributed by atoms with Gasteiger partial charge in [-0.05, 0) is 30.3 Å². The van der Waals surface area contributed by atoms with Crippen LogP contribution in [0.1, 0.15) is 5.56 Å². The number of hydrogen-bond donors (Lipinski definition) is 2. The number of carbonyl (C=O) groups excluding carboxylic acids is 1. The van der Waals surface area contributed by atoms with Crippen LogP contribution in [0.2, 0.25) is 0 Å². The number of hydrazine groups is 1. The Kier molecular flexibility index (Phi) is 6.01. The first-order chi connectivity index (χ1) is 12.5. The van der Waals surface area contributed by atoms with Crippen molar-refractivity contribution in [2.75, 3.05) is 6.61 Å². The Labute approximate surface area is 150 Å². The highest BCUT2D eigenvalue weighted by molar-refractivity contribution is 7.89. The number of benzene rings is 2. The number of hydrogen-bond acceptors (Lipinski definition) is 4. The van der Waals surface area contributed by atoms with E-state index in [0.717, 1.165) is 12.1 Å². The number of ether oxygens (including phenoxy) is 1. The molecule has 0 saturated carbocycles. The molecule has 0 fully saturated rings. The van der Waals surface area contributed by atoms with Gasteiger partial charge < -0.3 is 4.74 Å². The standard InChI is InChI=1S/C15H11F5N2O4S/c16-10-4-5-13(12(17)7-10)27(24,25)22-21-14(23)8-26-11-3-1-2-9(6-11)15(18,19)20/h1-7,22H,8H2,(H,21,23). The smallest absolute Gasteiger partial charge is 0.416 e. The SMILES string of the molecule is O=C(COc1cccc(C(F)(F)F)c1)NNS(=O)(=O)c1ccc(F)cc1F. The van der Waals surface area contributed by atoms with Gasteiger partial charge in [0.15, 0.2) is 6.61 Å². The zero-order valence-corrected chi connectivity index (χ0v) is 14.0. The van der Waals surface area contributed by atoms with E-state index in [9.17, 15) is 35.2 Å². The summed E-state index contributed by atoms with van der Waals surface area (Å²) >= 11 is 0. The molecular formula is C15H11F5N2O4S. The van der Waals surface area contributed by atoms with Crippen LogP contribution >= 0.6 is 0 Å². The summed E-state index contributed by atoms with van der Waals surface area (Å²) in [5.74, 6) is -3.71. The Morgan fingerprint density at radius 2 is 1.78 bits per heavy atom. The van der Waals surface area contributed by atoms with Gasteiger partial charge in [0.05, 0.1) is 5.56 Å². The average molecular weight is 410 g/mol. The van der Waals surface area contributed by atoms with Gasteiger partial charge in [-0.2, -0.15) is 13.2 Å². The van der Waals surface area contributed by atoms with Crippen LogP contribution in [0.5, 0.6) is 5.75 Å². The summed E-state index contributed by atoms with van der Waals surface area (Å²) in [4.78, 5) is 12.2. The highest BCUT2D eigenvalue weighted by atomic mass is 32.2. The first kappa shape index (κ1) is 20.6. The van der Waals surface area contributed by atoms with Crippen molar-refractivity contribution in [2.45, 2.75) is 11.1 Å². The van der Waals surface area contributed by atoms with E-state index >= 15 is 0 Å². The van der Waals surface area contributed by atoms with Gasteiger partial charge in [0, 0.05) is 6.07 Å². The van der Waals surface area contributed by atoms with Crippen LogP contribution < -0.4 is 15.0 Å². The maximum Gasteiger partial charge on any atom is 0.416 e. The fraction of sp³-hybridized carbons (Fsp3) is 0.133. The van der Waals surface area contributed by atoms with E-state index in [1.165, 1.54) is 6.07 Å². The van der Waals surface area contributed by atoms with Crippen molar-refractivity contribution in [3.05, 3.63) is 59.7 Å². The molecule has 0 radical (unpaired) electrons. The third kappa shape index (κ3) is 5.62. The van der Waals surface area contributed by atoms with Gasteiger partial charge in [-0.15, -0.1) is 4.83 Å². The second kappa shape index (κ2) is 7.88. The van der Waals surface area contributed by atoms with Gasteiger partial charge in [-0.25, -0.2) is 17.2 Å². The Morgan fingerprint density at radius 1 is 1.07 bits per heavy atom. The van der Waals surface area contributed by atoms with Gasteiger partial charge in [-0.3, -0.25) is 10.2 Å². The zero-order chi connectivity index (χ0) is 20.2. The lowest BCUT2D eigenvalue weighted by atomic mass is 10.2. The molecule has 12 heteroatoms. The number of amides is 1. The first-order valence-corrected chi connectivity index (χ1v) is 8.53. The molecule has 1 amide bonds. The molecule has 0 heterocycles. The van der Waals surface area contributed by atoms with Crippen molar-refractivity contribution in [2.24, 2.45) is 0 Å². The molecule has 0 spiro atoms. The molecule has 0 bridgehead atoms. The van der Waals surface area contributed by atoms with Crippen LogP contribution in [-0.2, 0) is 21.0 Å². The lowest BCUT2D eigenvalue weighted by molar-refractivity contribution is -0.137. The van der Waals surface area contributed by atoms with E-state index < -0.39 is 50.8 Å². The number of carbonyl (C=O) groups is 1. The lowest BCUT2D eigenvalue weighted by Gasteiger charge is -2.11. The average Bonchev–Trinajstić information content (AvgIpc) is 2.57. The molecule has 2 N–H and O–H groups in total. The quantitative estimate of drug-likeness (QED) is 0.566. The predicted octanol–water partition coefficient (Wildman–Crippen LogP) is 2.37. The second-order valence-electron chi connectivity index (χ2n) is 5.04. The lowest BCUT2D eigenvalue weighted by Crippen LogP contribution is -2.44. The summed E-state index contributed by atoms with van der Waals surface area (Å²) in [6, 6.07) is 5.39. The number of rotatable bonds is 6. The molecule has 0 unspecified atom stereocenters. The largest absolute Gasteiger partial charge is 0.484 e. The third-order valence-corrected chi connectivity index (χ3v) is 4.32. The highest BCUT2D eigenvalue weighted by Gasteiger charge is 2.30. The summed E-state index contributed by atoms with van der Waals surface area (Å²) in [5, 5.41) is 0. The van der Waals surface area contributed by atoms with Gasteiger partial charge in [0.25, 0.3) is 15.9 Å². The molecule has 27 heavy (non-hydrogen) atoms. The zero-order valence-electron chi connectivity index (χ0n) is 13.2. The van der Waals surface area contributed by atoms with E-state index in [0.29, 0.717) is 24.3 Å². The van der Waals surface area contributed by atoms with Crippen molar-refractivity contribution in [3.63, 3.8) is 0 Å². The number of alkyl halides is 3. The van der Waals surface area contributed by atoms with Gasteiger partial charge in [-0.1, -0.05) is 6.07 Å². The van der Waals surface area contributed by atoms with Crippen LogP contribution in [0.3, 0.4) is 0 Å². The third-order valence-electron chi connectivity index (χ3n) is 3.04. The minimum atomic E-state index is -4.60. The minimum Gasteiger partial charge on any atom is -0.484 e. The number of nitrogens with one attached hydrogen (secondary N) is 2. The Balaban J connectivity index is 1.95. The summed E-state index contributed by atoms with van der Waals surface area (Å²) in [6.45, 7) is -0.824. The van der Waals surface area contributed by atoms with Crippen LogP contribution in [0, 0.1) is 11.6 Å². The summed E-state index contributed by atoms with van der Waals surface area (Å²) in [6.07, 6.45) is -4.60. The Hall–Kier alpha value is -2.73. The summed E-state index contributed by atoms with van der Waals surface area (Å²) in [5.41, 5.74) is 0.701. The van der Waals surface area contributed by atoms with E-state index in [1.54, 1.807) is 10.3 Å². The molecule has 6 nitrogen and oxygen atoms in total. The fourth-order valence-corrected chi connectivity index (χ4v) is 2.74. The predicted molar refractivity (Wildman–Crippen MR) is 81.8 cm³/mol. The van der Waals surface area contributed by atoms with Gasteiger partial charge in [0.1, 0.15) is 22.3 Å². The topological polar surface area (TPSA) is 84.5 Å². The molecule has 0 aliphatic heterocycles. The minimum absolute atomic E-state index is 0.271.